The number of carbonyl (C=O) groups is 1. The number of anilines is 1. The summed E-state index contributed by atoms with van der Waals surface area (Å²) in [4.78, 5) is 12.7. The maximum Gasteiger partial charge on any atom is 0.338 e. The summed E-state index contributed by atoms with van der Waals surface area (Å²) in [6.07, 6.45) is 0. The fraction of sp³-hybridized carbons (Fsp3) is 0.375. The quantitative estimate of drug-likeness (QED) is 0.839. The van der Waals surface area contributed by atoms with Crippen LogP contribution in [-0.2, 0) is 9.53 Å². The number of hydrogen-bond donors (Lipinski definition) is 1. The molecule has 0 saturated carbocycles. The smallest absolute Gasteiger partial charge is 0.338 e. The van der Waals surface area contributed by atoms with Crippen molar-refractivity contribution in [1.29, 1.82) is 0 Å². The molecule has 1 aromatic carbocycles. The summed E-state index contributed by atoms with van der Waals surface area (Å²) in [5.74, 6) is -2.13. The molecule has 0 fully saturated rings. The van der Waals surface area contributed by atoms with Crippen LogP contribution in [0.15, 0.2) is 29.5 Å². The van der Waals surface area contributed by atoms with Crippen molar-refractivity contribution in [2.75, 3.05) is 5.32 Å². The third-order valence-corrected chi connectivity index (χ3v) is 3.61. The van der Waals surface area contributed by atoms with Gasteiger partial charge in [-0.25, -0.2) is 13.6 Å². The van der Waals surface area contributed by atoms with Crippen LogP contribution in [0.5, 0.6) is 0 Å². The molecule has 1 aliphatic rings. The van der Waals surface area contributed by atoms with E-state index in [9.17, 15) is 13.6 Å². The molecule has 7 nitrogen and oxygen atoms in total. The topological polar surface area (TPSA) is 81.9 Å². The summed E-state index contributed by atoms with van der Waals surface area (Å²) in [5.41, 5.74) is -0.690. The molecular formula is C16H17F2N5O2. The summed E-state index contributed by atoms with van der Waals surface area (Å²) in [6.45, 7) is 6.72. The number of benzene rings is 1. The summed E-state index contributed by atoms with van der Waals surface area (Å²) >= 11 is 0. The van der Waals surface area contributed by atoms with Gasteiger partial charge in [-0.05, 0) is 50.3 Å². The number of tetrazole rings is 1. The molecule has 25 heavy (non-hydrogen) atoms. The van der Waals surface area contributed by atoms with Crippen molar-refractivity contribution in [2.45, 2.75) is 39.3 Å². The standard InChI is InChI=1S/C16H17F2N5O2/c1-8-11(14(24)25-16(2,3)4)13(23-15(19-8)20-21-22-23)12-9(17)6-5-7-10(12)18/h5-7,13H,1-4H3,(H,19,20,22)/t13-/m0/s1. The lowest BCUT2D eigenvalue weighted by atomic mass is 9.94. The Bertz CT molecular complexity index is 849. The van der Waals surface area contributed by atoms with E-state index in [0.717, 1.165) is 16.8 Å². The molecule has 0 radical (unpaired) electrons. The third-order valence-electron chi connectivity index (χ3n) is 3.61. The molecule has 0 spiro atoms. The number of fused-ring (bicyclic) bond motifs is 1. The first-order chi connectivity index (χ1) is 11.7. The highest BCUT2D eigenvalue weighted by molar-refractivity contribution is 5.92. The fourth-order valence-corrected chi connectivity index (χ4v) is 2.65. The van der Waals surface area contributed by atoms with Crippen molar-refractivity contribution >= 4 is 11.9 Å². The minimum atomic E-state index is -1.18. The lowest BCUT2D eigenvalue weighted by Crippen LogP contribution is -2.34. The molecule has 0 aliphatic carbocycles. The maximum atomic E-state index is 14.4. The van der Waals surface area contributed by atoms with Crippen LogP contribution >= 0.6 is 0 Å². The van der Waals surface area contributed by atoms with Crippen molar-refractivity contribution in [3.8, 4) is 0 Å². The van der Waals surface area contributed by atoms with Gasteiger partial charge in [-0.15, -0.1) is 0 Å². The number of hydrogen-bond acceptors (Lipinski definition) is 6. The van der Waals surface area contributed by atoms with E-state index < -0.39 is 29.2 Å². The van der Waals surface area contributed by atoms with E-state index in [1.165, 1.54) is 6.07 Å². The molecule has 1 N–H and O–H groups in total. The molecule has 0 unspecified atom stereocenters. The average Bonchev–Trinajstić information content (AvgIpc) is 2.92. The first-order valence-electron chi connectivity index (χ1n) is 7.62. The van der Waals surface area contributed by atoms with Gasteiger partial charge in [0.15, 0.2) is 0 Å². The second-order valence-corrected chi connectivity index (χ2v) is 6.65. The second-order valence-electron chi connectivity index (χ2n) is 6.65. The van der Waals surface area contributed by atoms with Crippen LogP contribution in [0.1, 0.15) is 39.3 Å². The van der Waals surface area contributed by atoms with E-state index in [1.54, 1.807) is 27.7 Å². The Kier molecular flexibility index (Phi) is 4.02. The first kappa shape index (κ1) is 17.0. The zero-order valence-electron chi connectivity index (χ0n) is 14.2. The number of aromatic nitrogens is 4. The van der Waals surface area contributed by atoms with E-state index in [2.05, 4.69) is 20.8 Å². The number of ether oxygens (including phenoxy) is 1. The van der Waals surface area contributed by atoms with Gasteiger partial charge >= 0.3 is 5.97 Å². The maximum absolute atomic E-state index is 14.4. The summed E-state index contributed by atoms with van der Waals surface area (Å²) in [5, 5.41) is 13.9. The van der Waals surface area contributed by atoms with Crippen LogP contribution in [0.25, 0.3) is 0 Å². The predicted molar refractivity (Wildman–Crippen MR) is 84.5 cm³/mol. The normalized spacial score (nSPS) is 17.1. The molecule has 0 saturated heterocycles. The Balaban J connectivity index is 2.19. The summed E-state index contributed by atoms with van der Waals surface area (Å²) < 4.78 is 35.4. The minimum Gasteiger partial charge on any atom is -0.456 e. The minimum absolute atomic E-state index is 0.0405. The Hall–Kier alpha value is -2.84. The molecule has 1 aliphatic heterocycles. The Morgan fingerprint density at radius 2 is 1.92 bits per heavy atom. The van der Waals surface area contributed by atoms with Crippen LogP contribution in [-0.4, -0.2) is 31.8 Å². The third kappa shape index (κ3) is 3.09. The average molecular weight is 349 g/mol. The Morgan fingerprint density at radius 1 is 1.28 bits per heavy atom. The molecule has 0 bridgehead atoms. The highest BCUT2D eigenvalue weighted by Crippen LogP contribution is 2.37. The van der Waals surface area contributed by atoms with E-state index >= 15 is 0 Å². The first-order valence-corrected chi connectivity index (χ1v) is 7.62. The SMILES string of the molecule is CC1=C(C(=O)OC(C)(C)C)[C@@H](c2c(F)cccc2F)n2nnnc2N1. The number of carbonyl (C=O) groups excluding carboxylic acids is 1. The zero-order chi connectivity index (χ0) is 18.4. The largest absolute Gasteiger partial charge is 0.456 e. The summed E-state index contributed by atoms with van der Waals surface area (Å²) in [6, 6.07) is 2.31. The molecule has 1 atom stereocenters. The van der Waals surface area contributed by atoms with Crippen molar-refractivity contribution in [3.05, 3.63) is 46.7 Å². The molecular weight excluding hydrogens is 332 g/mol. The highest BCUT2D eigenvalue weighted by Gasteiger charge is 2.39. The van der Waals surface area contributed by atoms with Crippen molar-refractivity contribution < 1.29 is 18.3 Å². The van der Waals surface area contributed by atoms with Gasteiger partial charge < -0.3 is 10.1 Å². The molecule has 0 amide bonds. The predicted octanol–water partition coefficient (Wildman–Crippen LogP) is 2.58. The van der Waals surface area contributed by atoms with Gasteiger partial charge in [0.1, 0.15) is 23.3 Å². The number of rotatable bonds is 2. The van der Waals surface area contributed by atoms with Crippen molar-refractivity contribution in [1.82, 2.24) is 20.2 Å². The van der Waals surface area contributed by atoms with Crippen LogP contribution in [0, 0.1) is 11.6 Å². The van der Waals surface area contributed by atoms with Crippen LogP contribution < -0.4 is 5.32 Å². The highest BCUT2D eigenvalue weighted by atomic mass is 19.1. The second kappa shape index (κ2) is 5.91. The van der Waals surface area contributed by atoms with Gasteiger partial charge in [-0.3, -0.25) is 0 Å². The van der Waals surface area contributed by atoms with E-state index in [-0.39, 0.29) is 17.1 Å². The molecule has 3 rings (SSSR count). The van der Waals surface area contributed by atoms with Crippen molar-refractivity contribution in [2.24, 2.45) is 0 Å². The number of allylic oxidation sites excluding steroid dienone is 1. The van der Waals surface area contributed by atoms with Gasteiger partial charge in [-0.1, -0.05) is 11.2 Å². The van der Waals surface area contributed by atoms with Crippen molar-refractivity contribution in [3.63, 3.8) is 0 Å². The molecule has 9 heteroatoms. The number of halogens is 2. The van der Waals surface area contributed by atoms with Gasteiger partial charge in [0.2, 0.25) is 5.95 Å². The lowest BCUT2D eigenvalue weighted by molar-refractivity contribution is -0.150. The van der Waals surface area contributed by atoms with Crippen LogP contribution in [0.2, 0.25) is 0 Å². The number of nitrogens with zero attached hydrogens (tertiary/aromatic N) is 4. The van der Waals surface area contributed by atoms with E-state index in [1.807, 2.05) is 0 Å². The lowest BCUT2D eigenvalue weighted by Gasteiger charge is -2.30. The molecule has 2 aromatic rings. The molecule has 132 valence electrons. The molecule has 1 aromatic heterocycles. The van der Waals surface area contributed by atoms with Gasteiger partial charge in [-0.2, -0.15) is 4.68 Å². The number of esters is 1. The van der Waals surface area contributed by atoms with Gasteiger partial charge in [0.25, 0.3) is 0 Å². The Morgan fingerprint density at radius 3 is 2.52 bits per heavy atom. The van der Waals surface area contributed by atoms with E-state index in [0.29, 0.717) is 5.70 Å². The van der Waals surface area contributed by atoms with E-state index in [4.69, 9.17) is 4.74 Å². The number of nitrogens with one attached hydrogen (secondary N) is 1. The van der Waals surface area contributed by atoms with Crippen LogP contribution in [0.4, 0.5) is 14.7 Å². The Labute approximate surface area is 142 Å². The monoisotopic (exact) mass is 349 g/mol. The summed E-state index contributed by atoms with van der Waals surface area (Å²) in [7, 11) is 0. The molecule has 2 heterocycles. The fourth-order valence-electron chi connectivity index (χ4n) is 2.65. The zero-order valence-corrected chi connectivity index (χ0v) is 14.2. The van der Waals surface area contributed by atoms with Gasteiger partial charge in [0, 0.05) is 5.70 Å². The van der Waals surface area contributed by atoms with Gasteiger partial charge in [0.05, 0.1) is 11.1 Å². The van der Waals surface area contributed by atoms with Crippen LogP contribution in [0.3, 0.4) is 0 Å².